The second kappa shape index (κ2) is 6.23. The molecule has 86 valence electrons. The first kappa shape index (κ1) is 11.8. The maximum Gasteiger partial charge on any atom is 0.220 e. The number of carbonyl (C=O) groups is 1. The molecule has 0 radical (unpaired) electrons. The number of nitrogens with one attached hydrogen (secondary N) is 1. The van der Waals surface area contributed by atoms with Crippen LogP contribution in [0.1, 0.15) is 25.7 Å². The van der Waals surface area contributed by atoms with Crippen molar-refractivity contribution in [3.63, 3.8) is 0 Å². The van der Waals surface area contributed by atoms with Gasteiger partial charge < -0.3 is 21.0 Å². The van der Waals surface area contributed by atoms with Crippen LogP contribution in [-0.4, -0.2) is 36.2 Å². The minimum Gasteiger partial charge on any atom is -0.409 e. The van der Waals surface area contributed by atoms with Crippen molar-refractivity contribution in [1.82, 2.24) is 5.32 Å². The van der Waals surface area contributed by atoms with Crippen LogP contribution in [0.25, 0.3) is 0 Å². The number of rotatable bonds is 5. The normalized spacial score (nSPS) is 21.6. The standard InChI is InChI=1S/C9H17N3O3/c10-8(12-14)6-11-9(13)4-3-7-2-1-5-15-7/h7,14H,1-6H2,(H2,10,12)(H,11,13). The number of amides is 1. The fraction of sp³-hybridized carbons (Fsp3) is 0.778. The van der Waals surface area contributed by atoms with Crippen molar-refractivity contribution in [2.75, 3.05) is 13.2 Å². The maximum absolute atomic E-state index is 11.3. The van der Waals surface area contributed by atoms with E-state index in [1.165, 1.54) is 0 Å². The Kier molecular flexibility index (Phi) is 4.89. The minimum atomic E-state index is -0.0999. The van der Waals surface area contributed by atoms with Crippen LogP contribution in [0, 0.1) is 0 Å². The molecule has 4 N–H and O–H groups in total. The van der Waals surface area contributed by atoms with Crippen LogP contribution < -0.4 is 11.1 Å². The third-order valence-electron chi connectivity index (χ3n) is 2.31. The molecular weight excluding hydrogens is 198 g/mol. The largest absolute Gasteiger partial charge is 0.409 e. The molecule has 1 fully saturated rings. The lowest BCUT2D eigenvalue weighted by Gasteiger charge is -2.08. The molecular formula is C9H17N3O3. The molecule has 1 unspecified atom stereocenters. The third kappa shape index (κ3) is 4.64. The van der Waals surface area contributed by atoms with Gasteiger partial charge in [-0.2, -0.15) is 0 Å². The Hall–Kier alpha value is -1.30. The first-order chi connectivity index (χ1) is 7.22. The predicted molar refractivity (Wildman–Crippen MR) is 54.6 cm³/mol. The number of ether oxygens (including phenoxy) is 1. The zero-order valence-corrected chi connectivity index (χ0v) is 8.61. The lowest BCUT2D eigenvalue weighted by Crippen LogP contribution is -2.33. The molecule has 1 saturated heterocycles. The summed E-state index contributed by atoms with van der Waals surface area (Å²) in [6.45, 7) is 0.886. The van der Waals surface area contributed by atoms with E-state index >= 15 is 0 Å². The summed E-state index contributed by atoms with van der Waals surface area (Å²) in [6.07, 6.45) is 3.49. The molecule has 6 heteroatoms. The molecule has 0 aromatic rings. The van der Waals surface area contributed by atoms with Crippen LogP contribution in [0.15, 0.2) is 5.16 Å². The van der Waals surface area contributed by atoms with Crippen LogP contribution in [-0.2, 0) is 9.53 Å². The van der Waals surface area contributed by atoms with E-state index in [1.807, 2.05) is 0 Å². The second-order valence-electron chi connectivity index (χ2n) is 3.54. The molecule has 1 rings (SSSR count). The van der Waals surface area contributed by atoms with E-state index in [4.69, 9.17) is 15.7 Å². The van der Waals surface area contributed by atoms with Crippen molar-refractivity contribution < 1.29 is 14.7 Å². The number of amidine groups is 1. The van der Waals surface area contributed by atoms with E-state index in [0.29, 0.717) is 6.42 Å². The summed E-state index contributed by atoms with van der Waals surface area (Å²) in [6, 6.07) is 0. The van der Waals surface area contributed by atoms with Gasteiger partial charge in [0.2, 0.25) is 5.91 Å². The fourth-order valence-corrected chi connectivity index (χ4v) is 1.48. The molecule has 0 aromatic heterocycles. The summed E-state index contributed by atoms with van der Waals surface area (Å²) < 4.78 is 5.38. The topological polar surface area (TPSA) is 96.9 Å². The molecule has 1 aliphatic rings. The summed E-state index contributed by atoms with van der Waals surface area (Å²) in [4.78, 5) is 11.3. The third-order valence-corrected chi connectivity index (χ3v) is 2.31. The molecule has 0 spiro atoms. The van der Waals surface area contributed by atoms with Gasteiger partial charge in [-0.05, 0) is 19.3 Å². The van der Waals surface area contributed by atoms with Gasteiger partial charge in [-0.1, -0.05) is 5.16 Å². The smallest absolute Gasteiger partial charge is 0.220 e. The molecule has 1 heterocycles. The number of nitrogens with two attached hydrogens (primary N) is 1. The molecule has 1 amide bonds. The summed E-state index contributed by atoms with van der Waals surface area (Å²) >= 11 is 0. The van der Waals surface area contributed by atoms with Gasteiger partial charge in [-0.15, -0.1) is 0 Å². The van der Waals surface area contributed by atoms with Crippen LogP contribution >= 0.6 is 0 Å². The number of nitrogens with zero attached hydrogens (tertiary/aromatic N) is 1. The van der Waals surface area contributed by atoms with Crippen molar-refractivity contribution in [3.8, 4) is 0 Å². The fourth-order valence-electron chi connectivity index (χ4n) is 1.48. The summed E-state index contributed by atoms with van der Waals surface area (Å²) in [5.41, 5.74) is 5.20. The molecule has 1 aliphatic heterocycles. The number of hydrogen-bond acceptors (Lipinski definition) is 4. The summed E-state index contributed by atoms with van der Waals surface area (Å²) in [7, 11) is 0. The minimum absolute atomic E-state index is 0.000432. The lowest BCUT2D eigenvalue weighted by atomic mass is 10.1. The Bertz CT molecular complexity index is 237. The number of oxime groups is 1. The van der Waals surface area contributed by atoms with Crippen molar-refractivity contribution in [1.29, 1.82) is 0 Å². The number of carbonyl (C=O) groups excluding carboxylic acids is 1. The zero-order valence-electron chi connectivity index (χ0n) is 8.61. The molecule has 0 saturated carbocycles. The van der Waals surface area contributed by atoms with Gasteiger partial charge in [0.25, 0.3) is 0 Å². The maximum atomic E-state index is 11.3. The van der Waals surface area contributed by atoms with E-state index < -0.39 is 0 Å². The Morgan fingerprint density at radius 3 is 3.07 bits per heavy atom. The SMILES string of the molecule is NC(CNC(=O)CCC1CCCO1)=NO. The predicted octanol–water partition coefficient (Wildman–Crippen LogP) is -0.192. The highest BCUT2D eigenvalue weighted by Crippen LogP contribution is 2.16. The van der Waals surface area contributed by atoms with E-state index in [-0.39, 0.29) is 24.4 Å². The Labute approximate surface area is 88.5 Å². The van der Waals surface area contributed by atoms with Gasteiger partial charge in [0.1, 0.15) is 0 Å². The highest BCUT2D eigenvalue weighted by Gasteiger charge is 2.16. The van der Waals surface area contributed by atoms with Crippen LogP contribution in [0.2, 0.25) is 0 Å². The van der Waals surface area contributed by atoms with Crippen molar-refractivity contribution in [2.24, 2.45) is 10.9 Å². The second-order valence-corrected chi connectivity index (χ2v) is 3.54. The highest BCUT2D eigenvalue weighted by atomic mass is 16.5. The van der Waals surface area contributed by atoms with Crippen LogP contribution in [0.3, 0.4) is 0 Å². The molecule has 0 aliphatic carbocycles. The van der Waals surface area contributed by atoms with Gasteiger partial charge in [-0.25, -0.2) is 0 Å². The average Bonchev–Trinajstić information content (AvgIpc) is 2.75. The van der Waals surface area contributed by atoms with Crippen molar-refractivity contribution in [3.05, 3.63) is 0 Å². The van der Waals surface area contributed by atoms with E-state index in [9.17, 15) is 4.79 Å². The molecule has 6 nitrogen and oxygen atoms in total. The molecule has 0 aromatic carbocycles. The molecule has 1 atom stereocenters. The van der Waals surface area contributed by atoms with Crippen LogP contribution in [0.5, 0.6) is 0 Å². The van der Waals surface area contributed by atoms with Crippen molar-refractivity contribution >= 4 is 11.7 Å². The summed E-state index contributed by atoms with van der Waals surface area (Å²) in [5, 5.41) is 13.5. The first-order valence-electron chi connectivity index (χ1n) is 5.07. The Morgan fingerprint density at radius 1 is 1.67 bits per heavy atom. The highest BCUT2D eigenvalue weighted by molar-refractivity contribution is 5.86. The van der Waals surface area contributed by atoms with Crippen LogP contribution in [0.4, 0.5) is 0 Å². The quantitative estimate of drug-likeness (QED) is 0.256. The van der Waals surface area contributed by atoms with Crippen molar-refractivity contribution in [2.45, 2.75) is 31.8 Å². The first-order valence-corrected chi connectivity index (χ1v) is 5.07. The number of hydrogen-bond donors (Lipinski definition) is 3. The Morgan fingerprint density at radius 2 is 2.47 bits per heavy atom. The van der Waals surface area contributed by atoms with E-state index in [1.54, 1.807) is 0 Å². The van der Waals surface area contributed by atoms with Gasteiger partial charge >= 0.3 is 0 Å². The van der Waals surface area contributed by atoms with Gasteiger partial charge in [0.05, 0.1) is 12.6 Å². The Balaban J connectivity index is 2.07. The molecule has 15 heavy (non-hydrogen) atoms. The lowest BCUT2D eigenvalue weighted by molar-refractivity contribution is -0.121. The zero-order chi connectivity index (χ0) is 11.1. The van der Waals surface area contributed by atoms with Gasteiger partial charge in [-0.3, -0.25) is 4.79 Å². The van der Waals surface area contributed by atoms with Gasteiger partial charge in [0.15, 0.2) is 5.84 Å². The van der Waals surface area contributed by atoms with E-state index in [2.05, 4.69) is 10.5 Å². The van der Waals surface area contributed by atoms with Gasteiger partial charge in [0, 0.05) is 13.0 Å². The summed E-state index contributed by atoms with van der Waals surface area (Å²) in [5.74, 6) is -0.0995. The monoisotopic (exact) mass is 215 g/mol. The average molecular weight is 215 g/mol. The molecule has 0 bridgehead atoms. The van der Waals surface area contributed by atoms with E-state index in [0.717, 1.165) is 25.9 Å².